The van der Waals surface area contributed by atoms with E-state index in [1.54, 1.807) is 0 Å². The predicted molar refractivity (Wildman–Crippen MR) is 131 cm³/mol. The molecule has 0 aromatic rings. The highest BCUT2D eigenvalue weighted by Gasteiger charge is 2.38. The van der Waals surface area contributed by atoms with Crippen LogP contribution in [0, 0.1) is 34.5 Å². The van der Waals surface area contributed by atoms with Gasteiger partial charge in [-0.15, -0.1) is 0 Å². The first-order chi connectivity index (χ1) is 14.7. The molecule has 2 rings (SSSR count). The molecule has 0 aliphatic heterocycles. The molecule has 1 heteroatoms. The van der Waals surface area contributed by atoms with E-state index in [1.807, 2.05) is 0 Å². The molecule has 0 unspecified atom stereocenters. The molecule has 0 amide bonds. The normalized spacial score (nSPS) is 29.6. The number of nitriles is 1. The second-order valence-corrected chi connectivity index (χ2v) is 11.1. The molecule has 0 heterocycles. The SMILES string of the molecule is CCCCCCCCCCC1CCC(C2CCC(C#N)(CCCCCC)CC2)CC1. The molecule has 0 N–H and O–H groups in total. The maximum Gasteiger partial charge on any atom is 0.0689 e. The first-order valence-corrected chi connectivity index (χ1v) is 14.1. The summed E-state index contributed by atoms with van der Waals surface area (Å²) >= 11 is 0. The molecule has 2 fully saturated rings. The minimum absolute atomic E-state index is 0.0397. The number of nitrogens with zero attached hydrogens (tertiary/aromatic N) is 1. The molecule has 0 aromatic carbocycles. The van der Waals surface area contributed by atoms with Crippen molar-refractivity contribution in [2.45, 2.75) is 155 Å². The van der Waals surface area contributed by atoms with Crippen LogP contribution in [-0.2, 0) is 0 Å². The zero-order valence-electron chi connectivity index (χ0n) is 20.7. The number of hydrogen-bond donors (Lipinski definition) is 0. The number of hydrogen-bond acceptors (Lipinski definition) is 1. The third-order valence-electron chi connectivity index (χ3n) is 8.76. The van der Waals surface area contributed by atoms with Gasteiger partial charge in [0.1, 0.15) is 0 Å². The zero-order valence-corrected chi connectivity index (χ0v) is 20.7. The van der Waals surface area contributed by atoms with Crippen LogP contribution >= 0.6 is 0 Å². The number of rotatable bonds is 15. The Morgan fingerprint density at radius 1 is 0.633 bits per heavy atom. The third kappa shape index (κ3) is 9.32. The summed E-state index contributed by atoms with van der Waals surface area (Å²) in [5.74, 6) is 2.95. The Morgan fingerprint density at radius 3 is 1.70 bits per heavy atom. The van der Waals surface area contributed by atoms with E-state index in [2.05, 4.69) is 19.9 Å². The number of unbranched alkanes of at least 4 members (excludes halogenated alkanes) is 10. The fourth-order valence-electron chi connectivity index (χ4n) is 6.49. The maximum absolute atomic E-state index is 9.85. The summed E-state index contributed by atoms with van der Waals surface area (Å²) in [6.45, 7) is 4.58. The van der Waals surface area contributed by atoms with Gasteiger partial charge in [0.05, 0.1) is 11.5 Å². The molecule has 0 saturated heterocycles. The van der Waals surface area contributed by atoms with Gasteiger partial charge in [0.2, 0.25) is 0 Å². The summed E-state index contributed by atoms with van der Waals surface area (Å²) in [6.07, 6.45) is 30.6. The second kappa shape index (κ2) is 15.3. The smallest absolute Gasteiger partial charge is 0.0689 e. The third-order valence-corrected chi connectivity index (χ3v) is 8.76. The van der Waals surface area contributed by atoms with Crippen LogP contribution in [0.1, 0.15) is 155 Å². The van der Waals surface area contributed by atoms with Gasteiger partial charge in [-0.2, -0.15) is 5.26 Å². The molecule has 174 valence electrons. The van der Waals surface area contributed by atoms with E-state index in [9.17, 15) is 5.26 Å². The molecule has 0 radical (unpaired) electrons. The molecule has 2 aliphatic carbocycles. The van der Waals surface area contributed by atoms with Gasteiger partial charge in [-0.05, 0) is 62.7 Å². The summed E-state index contributed by atoms with van der Waals surface area (Å²) in [4.78, 5) is 0. The Morgan fingerprint density at radius 2 is 1.13 bits per heavy atom. The van der Waals surface area contributed by atoms with Crippen LogP contribution in [0.3, 0.4) is 0 Å². The van der Waals surface area contributed by atoms with E-state index >= 15 is 0 Å². The van der Waals surface area contributed by atoms with Gasteiger partial charge in [0.15, 0.2) is 0 Å². The monoisotopic (exact) mass is 415 g/mol. The summed E-state index contributed by atoms with van der Waals surface area (Å²) < 4.78 is 0. The van der Waals surface area contributed by atoms with Crippen molar-refractivity contribution in [1.82, 2.24) is 0 Å². The van der Waals surface area contributed by atoms with Crippen LogP contribution < -0.4 is 0 Å². The van der Waals surface area contributed by atoms with Crippen molar-refractivity contribution >= 4 is 0 Å². The van der Waals surface area contributed by atoms with Crippen molar-refractivity contribution in [3.05, 3.63) is 0 Å². The van der Waals surface area contributed by atoms with E-state index in [0.717, 1.165) is 17.8 Å². The molecule has 30 heavy (non-hydrogen) atoms. The van der Waals surface area contributed by atoms with E-state index in [0.29, 0.717) is 0 Å². The Kier molecular flexibility index (Phi) is 13.1. The van der Waals surface area contributed by atoms with Gasteiger partial charge >= 0.3 is 0 Å². The maximum atomic E-state index is 9.85. The average molecular weight is 416 g/mol. The van der Waals surface area contributed by atoms with Crippen molar-refractivity contribution in [3.63, 3.8) is 0 Å². The highest BCUT2D eigenvalue weighted by atomic mass is 14.4. The van der Waals surface area contributed by atoms with E-state index in [-0.39, 0.29) is 5.41 Å². The first-order valence-electron chi connectivity index (χ1n) is 14.1. The topological polar surface area (TPSA) is 23.8 Å². The van der Waals surface area contributed by atoms with Crippen LogP contribution in [0.2, 0.25) is 0 Å². The van der Waals surface area contributed by atoms with Crippen molar-refractivity contribution in [2.24, 2.45) is 23.2 Å². The molecule has 2 saturated carbocycles. The van der Waals surface area contributed by atoms with Gasteiger partial charge in [-0.1, -0.05) is 110 Å². The van der Waals surface area contributed by atoms with Crippen LogP contribution in [-0.4, -0.2) is 0 Å². The quantitative estimate of drug-likeness (QED) is 0.244. The zero-order chi connectivity index (χ0) is 21.5. The molecular formula is C29H53N. The minimum Gasteiger partial charge on any atom is -0.198 e. The standard InChI is InChI=1S/C29H53N/c1-3-5-7-9-10-11-12-13-15-26-16-18-27(19-17-26)28-20-23-29(25-30,24-21-28)22-14-8-6-4-2/h26-28H,3-24H2,1-2H3. The molecule has 0 atom stereocenters. The lowest BCUT2D eigenvalue weighted by molar-refractivity contribution is 0.114. The lowest BCUT2D eigenvalue weighted by Crippen LogP contribution is -2.31. The second-order valence-electron chi connectivity index (χ2n) is 11.1. The van der Waals surface area contributed by atoms with E-state index in [4.69, 9.17) is 0 Å². The van der Waals surface area contributed by atoms with Gasteiger partial charge < -0.3 is 0 Å². The average Bonchev–Trinajstić information content (AvgIpc) is 2.79. The van der Waals surface area contributed by atoms with Gasteiger partial charge in [0.25, 0.3) is 0 Å². The summed E-state index contributed by atoms with van der Waals surface area (Å²) in [6, 6.07) is 2.77. The lowest BCUT2D eigenvalue weighted by atomic mass is 9.63. The Bertz CT molecular complexity index is 445. The van der Waals surface area contributed by atoms with Crippen molar-refractivity contribution in [3.8, 4) is 6.07 Å². The van der Waals surface area contributed by atoms with Crippen molar-refractivity contribution < 1.29 is 0 Å². The largest absolute Gasteiger partial charge is 0.198 e. The van der Waals surface area contributed by atoms with E-state index < -0.39 is 0 Å². The summed E-state index contributed by atoms with van der Waals surface area (Å²) in [5, 5.41) is 9.85. The van der Waals surface area contributed by atoms with Crippen LogP contribution in [0.4, 0.5) is 0 Å². The highest BCUT2D eigenvalue weighted by molar-refractivity contribution is 5.02. The molecule has 0 spiro atoms. The lowest BCUT2D eigenvalue weighted by Gasteiger charge is -2.41. The Hall–Kier alpha value is -0.510. The van der Waals surface area contributed by atoms with Crippen LogP contribution in [0.15, 0.2) is 0 Å². The minimum atomic E-state index is 0.0397. The van der Waals surface area contributed by atoms with E-state index in [1.165, 1.54) is 141 Å². The molecule has 1 nitrogen and oxygen atoms in total. The molecule has 2 aliphatic rings. The Labute approximate surface area is 189 Å². The molecule has 0 aromatic heterocycles. The predicted octanol–water partition coefficient (Wildman–Crippen LogP) is 9.99. The highest BCUT2D eigenvalue weighted by Crippen LogP contribution is 2.47. The van der Waals surface area contributed by atoms with Crippen molar-refractivity contribution in [2.75, 3.05) is 0 Å². The summed E-state index contributed by atoms with van der Waals surface area (Å²) in [7, 11) is 0. The van der Waals surface area contributed by atoms with Gasteiger partial charge in [-0.25, -0.2) is 0 Å². The first kappa shape index (κ1) is 25.7. The van der Waals surface area contributed by atoms with Gasteiger partial charge in [-0.3, -0.25) is 0 Å². The van der Waals surface area contributed by atoms with Crippen LogP contribution in [0.5, 0.6) is 0 Å². The summed E-state index contributed by atoms with van der Waals surface area (Å²) in [5.41, 5.74) is 0.0397. The van der Waals surface area contributed by atoms with Crippen molar-refractivity contribution in [1.29, 1.82) is 5.26 Å². The fraction of sp³-hybridized carbons (Fsp3) is 0.966. The molecular weight excluding hydrogens is 362 g/mol. The Balaban J connectivity index is 1.55. The van der Waals surface area contributed by atoms with Gasteiger partial charge in [0, 0.05) is 0 Å². The molecule has 0 bridgehead atoms. The van der Waals surface area contributed by atoms with Crippen LogP contribution in [0.25, 0.3) is 0 Å². The fourth-order valence-corrected chi connectivity index (χ4v) is 6.49.